The molecule has 0 N–H and O–H groups in total. The summed E-state index contributed by atoms with van der Waals surface area (Å²) in [5, 5.41) is 1.04. The first-order valence-electron chi connectivity index (χ1n) is 8.75. The van der Waals surface area contributed by atoms with Gasteiger partial charge in [0, 0.05) is 22.9 Å². The number of carbonyl (C=O) groups is 1. The van der Waals surface area contributed by atoms with Crippen LogP contribution >= 0.6 is 0 Å². The summed E-state index contributed by atoms with van der Waals surface area (Å²) in [5.74, 6) is 0.137. The van der Waals surface area contributed by atoms with Crippen LogP contribution in [0, 0.1) is 6.92 Å². The molecule has 2 nitrogen and oxygen atoms in total. The molecule has 1 heterocycles. The van der Waals surface area contributed by atoms with Crippen LogP contribution in [0.5, 0.6) is 0 Å². The minimum atomic E-state index is 0.137. The summed E-state index contributed by atoms with van der Waals surface area (Å²) in [7, 11) is 0. The van der Waals surface area contributed by atoms with Gasteiger partial charge in [-0.2, -0.15) is 0 Å². The maximum absolute atomic E-state index is 12.9. The van der Waals surface area contributed by atoms with Crippen molar-refractivity contribution in [3.63, 3.8) is 0 Å². The molecule has 0 aliphatic heterocycles. The van der Waals surface area contributed by atoms with E-state index in [1.807, 2.05) is 91.9 Å². The fourth-order valence-corrected chi connectivity index (χ4v) is 3.30. The summed E-state index contributed by atoms with van der Waals surface area (Å²) in [6.07, 6.45) is 0.369. The SMILES string of the molecule is Cc1ccccc1C(=O)Cc1cc(-c2ccccc2)nc2ccccc12. The van der Waals surface area contributed by atoms with Crippen LogP contribution < -0.4 is 0 Å². The van der Waals surface area contributed by atoms with Gasteiger partial charge in [0.15, 0.2) is 5.78 Å². The number of rotatable bonds is 4. The van der Waals surface area contributed by atoms with Gasteiger partial charge in [-0.25, -0.2) is 4.98 Å². The van der Waals surface area contributed by atoms with Gasteiger partial charge in [-0.05, 0) is 30.2 Å². The smallest absolute Gasteiger partial charge is 0.167 e. The van der Waals surface area contributed by atoms with Gasteiger partial charge in [0.1, 0.15) is 0 Å². The Bertz CT molecular complexity index is 1080. The number of aryl methyl sites for hydroxylation is 1. The van der Waals surface area contributed by atoms with Gasteiger partial charge >= 0.3 is 0 Å². The van der Waals surface area contributed by atoms with E-state index in [9.17, 15) is 4.79 Å². The normalized spacial score (nSPS) is 10.8. The van der Waals surface area contributed by atoms with Crippen LogP contribution in [0.4, 0.5) is 0 Å². The summed E-state index contributed by atoms with van der Waals surface area (Å²) < 4.78 is 0. The second-order valence-electron chi connectivity index (χ2n) is 6.46. The van der Waals surface area contributed by atoms with Gasteiger partial charge in [-0.15, -0.1) is 0 Å². The van der Waals surface area contributed by atoms with E-state index in [0.717, 1.165) is 38.9 Å². The van der Waals surface area contributed by atoms with Crippen LogP contribution in [-0.2, 0) is 6.42 Å². The molecule has 0 radical (unpaired) electrons. The number of carbonyl (C=O) groups excluding carboxylic acids is 1. The van der Waals surface area contributed by atoms with Crippen LogP contribution in [0.3, 0.4) is 0 Å². The number of fused-ring (bicyclic) bond motifs is 1. The highest BCUT2D eigenvalue weighted by atomic mass is 16.1. The van der Waals surface area contributed by atoms with Crippen molar-refractivity contribution in [1.82, 2.24) is 4.98 Å². The number of hydrogen-bond acceptors (Lipinski definition) is 2. The van der Waals surface area contributed by atoms with Crippen molar-refractivity contribution in [1.29, 1.82) is 0 Å². The Balaban J connectivity index is 1.81. The lowest BCUT2D eigenvalue weighted by molar-refractivity contribution is 0.0992. The molecule has 4 aromatic rings. The van der Waals surface area contributed by atoms with Crippen LogP contribution in [0.25, 0.3) is 22.2 Å². The molecule has 3 aromatic carbocycles. The Hall–Kier alpha value is -3.26. The number of para-hydroxylation sites is 1. The zero-order valence-corrected chi connectivity index (χ0v) is 14.6. The molecule has 0 spiro atoms. The number of Topliss-reactive ketones (excluding diaryl/α,β-unsaturated/α-hetero) is 1. The highest BCUT2D eigenvalue weighted by Crippen LogP contribution is 2.26. The van der Waals surface area contributed by atoms with E-state index in [4.69, 9.17) is 4.98 Å². The summed E-state index contributed by atoms with van der Waals surface area (Å²) >= 11 is 0. The molecule has 0 bridgehead atoms. The van der Waals surface area contributed by atoms with E-state index in [2.05, 4.69) is 0 Å². The summed E-state index contributed by atoms with van der Waals surface area (Å²) in [6, 6.07) is 27.9. The van der Waals surface area contributed by atoms with Gasteiger partial charge in [-0.1, -0.05) is 72.8 Å². The number of hydrogen-bond donors (Lipinski definition) is 0. The monoisotopic (exact) mass is 337 g/mol. The lowest BCUT2D eigenvalue weighted by atomic mass is 9.96. The van der Waals surface area contributed by atoms with Crippen molar-refractivity contribution in [2.24, 2.45) is 0 Å². The van der Waals surface area contributed by atoms with E-state index in [1.54, 1.807) is 0 Å². The molecular weight excluding hydrogens is 318 g/mol. The number of nitrogens with zero attached hydrogens (tertiary/aromatic N) is 1. The molecule has 0 saturated heterocycles. The van der Waals surface area contributed by atoms with Gasteiger partial charge in [0.2, 0.25) is 0 Å². The van der Waals surface area contributed by atoms with Crippen molar-refractivity contribution in [3.05, 3.63) is 102 Å². The Labute approximate surface area is 153 Å². The Morgan fingerprint density at radius 1 is 0.846 bits per heavy atom. The first kappa shape index (κ1) is 16.2. The lowest BCUT2D eigenvalue weighted by Gasteiger charge is -2.10. The number of pyridine rings is 1. The fraction of sp³-hybridized carbons (Fsp3) is 0.0833. The van der Waals surface area contributed by atoms with Crippen LogP contribution in [0.15, 0.2) is 84.9 Å². The fourth-order valence-electron chi connectivity index (χ4n) is 3.30. The largest absolute Gasteiger partial charge is 0.294 e. The molecule has 0 fully saturated rings. The van der Waals surface area contributed by atoms with E-state index < -0.39 is 0 Å². The zero-order valence-electron chi connectivity index (χ0n) is 14.6. The minimum Gasteiger partial charge on any atom is -0.294 e. The third kappa shape index (κ3) is 3.14. The maximum atomic E-state index is 12.9. The van der Waals surface area contributed by atoms with E-state index >= 15 is 0 Å². The standard InChI is InChI=1S/C24H19NO/c1-17-9-5-6-12-20(17)24(26)16-19-15-23(18-10-3-2-4-11-18)25-22-14-8-7-13-21(19)22/h2-15H,16H2,1H3. The van der Waals surface area contributed by atoms with Gasteiger partial charge in [-0.3, -0.25) is 4.79 Å². The van der Waals surface area contributed by atoms with Crippen molar-refractivity contribution in [2.75, 3.05) is 0 Å². The van der Waals surface area contributed by atoms with E-state index in [0.29, 0.717) is 6.42 Å². The molecule has 0 aliphatic carbocycles. The van der Waals surface area contributed by atoms with Gasteiger partial charge < -0.3 is 0 Å². The third-order valence-electron chi connectivity index (χ3n) is 4.67. The first-order chi connectivity index (χ1) is 12.7. The van der Waals surface area contributed by atoms with Crippen molar-refractivity contribution >= 4 is 16.7 Å². The molecule has 0 aliphatic rings. The van der Waals surface area contributed by atoms with Crippen LogP contribution in [0.2, 0.25) is 0 Å². The molecular formula is C24H19NO. The molecule has 0 atom stereocenters. The predicted molar refractivity (Wildman–Crippen MR) is 106 cm³/mol. The number of ketones is 1. The third-order valence-corrected chi connectivity index (χ3v) is 4.67. The highest BCUT2D eigenvalue weighted by molar-refractivity contribution is 6.01. The molecule has 2 heteroatoms. The molecule has 126 valence electrons. The van der Waals surface area contributed by atoms with Gasteiger partial charge in [0.25, 0.3) is 0 Å². The van der Waals surface area contributed by atoms with Crippen molar-refractivity contribution in [2.45, 2.75) is 13.3 Å². The molecule has 1 aromatic heterocycles. The topological polar surface area (TPSA) is 30.0 Å². The van der Waals surface area contributed by atoms with Crippen LogP contribution in [0.1, 0.15) is 21.5 Å². The van der Waals surface area contributed by atoms with E-state index in [-0.39, 0.29) is 5.78 Å². The molecule has 0 amide bonds. The van der Waals surface area contributed by atoms with E-state index in [1.165, 1.54) is 0 Å². The number of aromatic nitrogens is 1. The van der Waals surface area contributed by atoms with Gasteiger partial charge in [0.05, 0.1) is 11.2 Å². The van der Waals surface area contributed by atoms with Crippen molar-refractivity contribution < 1.29 is 4.79 Å². The zero-order chi connectivity index (χ0) is 17.9. The molecule has 4 rings (SSSR count). The average molecular weight is 337 g/mol. The predicted octanol–water partition coefficient (Wildman–Crippen LogP) is 5.64. The maximum Gasteiger partial charge on any atom is 0.167 e. The second kappa shape index (κ2) is 6.93. The quantitative estimate of drug-likeness (QED) is 0.451. The Morgan fingerprint density at radius 3 is 2.35 bits per heavy atom. The van der Waals surface area contributed by atoms with Crippen LogP contribution in [-0.4, -0.2) is 10.8 Å². The first-order valence-corrected chi connectivity index (χ1v) is 8.75. The molecule has 0 saturated carbocycles. The highest BCUT2D eigenvalue weighted by Gasteiger charge is 2.13. The summed E-state index contributed by atoms with van der Waals surface area (Å²) in [6.45, 7) is 1.98. The lowest BCUT2D eigenvalue weighted by Crippen LogP contribution is -2.06. The Kier molecular flexibility index (Phi) is 4.32. The Morgan fingerprint density at radius 2 is 1.54 bits per heavy atom. The number of benzene rings is 3. The second-order valence-corrected chi connectivity index (χ2v) is 6.46. The average Bonchev–Trinajstić information content (AvgIpc) is 2.69. The van der Waals surface area contributed by atoms with Crippen molar-refractivity contribution in [3.8, 4) is 11.3 Å². The summed E-state index contributed by atoms with van der Waals surface area (Å²) in [5.41, 5.74) is 5.69. The molecule has 26 heavy (non-hydrogen) atoms. The summed E-state index contributed by atoms with van der Waals surface area (Å²) in [4.78, 5) is 17.7. The minimum absolute atomic E-state index is 0.137. The molecule has 0 unspecified atom stereocenters.